The number of nitrogens with zero attached hydrogens (tertiary/aromatic N) is 1. The van der Waals surface area contributed by atoms with Crippen LogP contribution in [0.2, 0.25) is 0 Å². The van der Waals surface area contributed by atoms with Crippen molar-refractivity contribution in [2.75, 3.05) is 5.32 Å². The molecule has 26 heavy (non-hydrogen) atoms. The number of benzene rings is 1. The van der Waals surface area contributed by atoms with Crippen molar-refractivity contribution in [3.8, 4) is 5.88 Å². The summed E-state index contributed by atoms with van der Waals surface area (Å²) in [6.07, 6.45) is 8.07. The third kappa shape index (κ3) is 3.21. The predicted octanol–water partition coefficient (Wildman–Crippen LogP) is 4.02. The number of anilines is 1. The van der Waals surface area contributed by atoms with Crippen LogP contribution in [0.4, 0.5) is 5.13 Å². The van der Waals surface area contributed by atoms with Gasteiger partial charge in [-0.25, -0.2) is 4.79 Å². The summed E-state index contributed by atoms with van der Waals surface area (Å²) in [6.45, 7) is 1.92. The number of hydrogen-bond acceptors (Lipinski definition) is 5. The molecule has 0 radical (unpaired) electrons. The first-order valence-corrected chi connectivity index (χ1v) is 9.78. The Morgan fingerprint density at radius 3 is 2.85 bits per heavy atom. The van der Waals surface area contributed by atoms with Gasteiger partial charge in [0.2, 0.25) is 5.88 Å². The van der Waals surface area contributed by atoms with Crippen LogP contribution in [0, 0.1) is 18.8 Å². The Labute approximate surface area is 156 Å². The number of aromatic nitrogens is 1. The number of aromatic hydroxyl groups is 1. The van der Waals surface area contributed by atoms with Crippen LogP contribution in [-0.4, -0.2) is 27.2 Å². The average Bonchev–Trinajstić information content (AvgIpc) is 3.29. The van der Waals surface area contributed by atoms with Crippen LogP contribution in [0.1, 0.15) is 39.2 Å². The maximum atomic E-state index is 11.4. The van der Waals surface area contributed by atoms with Gasteiger partial charge >= 0.3 is 5.97 Å². The Morgan fingerprint density at radius 1 is 1.31 bits per heavy atom. The van der Waals surface area contributed by atoms with Crippen molar-refractivity contribution in [1.82, 2.24) is 4.98 Å². The van der Waals surface area contributed by atoms with E-state index in [9.17, 15) is 15.0 Å². The summed E-state index contributed by atoms with van der Waals surface area (Å²) >= 11 is 1.47. The van der Waals surface area contributed by atoms with E-state index in [2.05, 4.69) is 22.5 Å². The van der Waals surface area contributed by atoms with Crippen LogP contribution < -0.4 is 5.32 Å². The Morgan fingerprint density at radius 2 is 2.15 bits per heavy atom. The number of allylic oxidation sites excluding steroid dienone is 1. The van der Waals surface area contributed by atoms with Gasteiger partial charge in [0.1, 0.15) is 0 Å². The lowest BCUT2D eigenvalue weighted by atomic mass is 9.97. The first-order chi connectivity index (χ1) is 12.5. The number of nitrogens with one attached hydrogen (secondary N) is 1. The van der Waals surface area contributed by atoms with Crippen LogP contribution >= 0.6 is 11.3 Å². The number of carboxylic acid groups (broad SMARTS) is 1. The third-order valence-corrected chi connectivity index (χ3v) is 6.54. The summed E-state index contributed by atoms with van der Waals surface area (Å²) < 4.78 is 0. The Balaban J connectivity index is 1.46. The molecule has 1 aromatic carbocycles. The summed E-state index contributed by atoms with van der Waals surface area (Å²) in [5.41, 5.74) is 2.11. The number of fused-ring (bicyclic) bond motifs is 2. The fourth-order valence-electron chi connectivity index (χ4n) is 4.15. The molecule has 136 valence electrons. The van der Waals surface area contributed by atoms with Crippen molar-refractivity contribution in [2.45, 2.75) is 38.6 Å². The molecule has 5 nitrogen and oxygen atoms in total. The molecule has 0 aliphatic heterocycles. The third-order valence-electron chi connectivity index (χ3n) is 5.51. The van der Waals surface area contributed by atoms with E-state index in [1.807, 2.05) is 13.0 Å². The van der Waals surface area contributed by atoms with Gasteiger partial charge in [0.15, 0.2) is 5.13 Å². The van der Waals surface area contributed by atoms with Crippen LogP contribution in [0.25, 0.3) is 0 Å². The van der Waals surface area contributed by atoms with Crippen molar-refractivity contribution < 1.29 is 15.0 Å². The van der Waals surface area contributed by atoms with Gasteiger partial charge in [0.05, 0.1) is 10.4 Å². The summed E-state index contributed by atoms with van der Waals surface area (Å²) in [7, 11) is 0. The van der Waals surface area contributed by atoms with Crippen LogP contribution in [0.3, 0.4) is 0 Å². The van der Waals surface area contributed by atoms with Crippen LogP contribution in [0.5, 0.6) is 5.88 Å². The second-order valence-electron chi connectivity index (χ2n) is 7.20. The summed E-state index contributed by atoms with van der Waals surface area (Å²) in [6, 6.07) is 5.72. The smallest absolute Gasteiger partial charge is 0.335 e. The number of aryl methyl sites for hydroxylation is 2. The second kappa shape index (κ2) is 6.76. The lowest BCUT2D eigenvalue weighted by Gasteiger charge is -2.18. The molecule has 3 atom stereocenters. The normalized spacial score (nSPS) is 23.5. The van der Waals surface area contributed by atoms with Gasteiger partial charge in [0, 0.05) is 6.04 Å². The minimum atomic E-state index is -0.913. The molecule has 3 unspecified atom stereocenters. The lowest BCUT2D eigenvalue weighted by Crippen LogP contribution is -2.23. The van der Waals surface area contributed by atoms with Gasteiger partial charge in [-0.05, 0) is 61.6 Å². The quantitative estimate of drug-likeness (QED) is 0.669. The highest BCUT2D eigenvalue weighted by Crippen LogP contribution is 2.41. The molecule has 0 saturated heterocycles. The van der Waals surface area contributed by atoms with Gasteiger partial charge in [-0.2, -0.15) is 4.98 Å². The predicted molar refractivity (Wildman–Crippen MR) is 102 cm³/mol. The molecule has 1 heterocycles. The molecule has 1 aromatic heterocycles. The highest BCUT2D eigenvalue weighted by atomic mass is 32.1. The van der Waals surface area contributed by atoms with E-state index in [0.717, 1.165) is 27.6 Å². The molecular weight excluding hydrogens is 348 g/mol. The molecule has 3 N–H and O–H groups in total. The first kappa shape index (κ1) is 17.1. The number of rotatable bonds is 6. The minimum absolute atomic E-state index is 0.0571. The number of hydrogen-bond donors (Lipinski definition) is 3. The standard InChI is InChI=1S/C20H22N2O3S/c1-11-3-2-4-15(19(24)25)14(11)7-8-17-18(23)22-20(26-17)21-16-10-12-5-6-13(16)9-12/h2-6,12-13,16,23H,7-10H2,1H3,(H,21,22)(H,24,25). The Bertz CT molecular complexity index is 874. The largest absolute Gasteiger partial charge is 0.492 e. The topological polar surface area (TPSA) is 82.5 Å². The maximum Gasteiger partial charge on any atom is 0.335 e. The van der Waals surface area contributed by atoms with Crippen molar-refractivity contribution in [3.63, 3.8) is 0 Å². The van der Waals surface area contributed by atoms with E-state index in [0.29, 0.717) is 36.3 Å². The molecule has 2 aromatic rings. The Kier molecular flexibility index (Phi) is 4.44. The molecular formula is C20H22N2O3S. The molecule has 1 fully saturated rings. The number of carbonyl (C=O) groups is 1. The lowest BCUT2D eigenvalue weighted by molar-refractivity contribution is 0.0695. The van der Waals surface area contributed by atoms with E-state index in [1.54, 1.807) is 12.1 Å². The molecule has 1 saturated carbocycles. The van der Waals surface area contributed by atoms with Crippen molar-refractivity contribution in [3.05, 3.63) is 51.9 Å². The SMILES string of the molecule is Cc1cccc(C(=O)O)c1CCc1sc(NC2CC3C=CC2C3)nc1O. The van der Waals surface area contributed by atoms with Gasteiger partial charge < -0.3 is 15.5 Å². The first-order valence-electron chi connectivity index (χ1n) is 8.96. The molecule has 4 rings (SSSR count). The van der Waals surface area contributed by atoms with E-state index >= 15 is 0 Å². The molecule has 0 spiro atoms. The van der Waals surface area contributed by atoms with Crippen molar-refractivity contribution >= 4 is 22.4 Å². The zero-order chi connectivity index (χ0) is 18.3. The van der Waals surface area contributed by atoms with Crippen LogP contribution in [-0.2, 0) is 12.8 Å². The summed E-state index contributed by atoms with van der Waals surface area (Å²) in [4.78, 5) is 16.5. The van der Waals surface area contributed by atoms with E-state index < -0.39 is 5.97 Å². The highest BCUT2D eigenvalue weighted by Gasteiger charge is 2.36. The molecule has 6 heteroatoms. The molecule has 2 aliphatic carbocycles. The zero-order valence-electron chi connectivity index (χ0n) is 14.6. The monoisotopic (exact) mass is 370 g/mol. The average molecular weight is 370 g/mol. The highest BCUT2D eigenvalue weighted by molar-refractivity contribution is 7.15. The van der Waals surface area contributed by atoms with Gasteiger partial charge in [-0.15, -0.1) is 0 Å². The fourth-order valence-corrected chi connectivity index (χ4v) is 5.06. The van der Waals surface area contributed by atoms with E-state index in [1.165, 1.54) is 17.8 Å². The van der Waals surface area contributed by atoms with E-state index in [4.69, 9.17) is 0 Å². The Hall–Kier alpha value is -2.34. The summed E-state index contributed by atoms with van der Waals surface area (Å²) in [5, 5.41) is 23.8. The maximum absolute atomic E-state index is 11.4. The number of aromatic carboxylic acids is 1. The fraction of sp³-hybridized carbons (Fsp3) is 0.400. The molecule has 2 bridgehead atoms. The van der Waals surface area contributed by atoms with Gasteiger partial charge in [0.25, 0.3) is 0 Å². The van der Waals surface area contributed by atoms with E-state index in [-0.39, 0.29) is 5.88 Å². The molecule has 0 amide bonds. The number of thiazole rings is 1. The van der Waals surface area contributed by atoms with Crippen molar-refractivity contribution in [2.24, 2.45) is 11.8 Å². The van der Waals surface area contributed by atoms with Gasteiger partial charge in [-0.3, -0.25) is 0 Å². The second-order valence-corrected chi connectivity index (χ2v) is 8.29. The van der Waals surface area contributed by atoms with Gasteiger partial charge in [-0.1, -0.05) is 35.6 Å². The number of carboxylic acids is 1. The van der Waals surface area contributed by atoms with Crippen molar-refractivity contribution in [1.29, 1.82) is 0 Å². The minimum Gasteiger partial charge on any atom is -0.492 e. The molecule has 2 aliphatic rings. The van der Waals surface area contributed by atoms with Crippen LogP contribution in [0.15, 0.2) is 30.4 Å². The summed E-state index contributed by atoms with van der Waals surface area (Å²) in [5.74, 6) is 0.395. The zero-order valence-corrected chi connectivity index (χ0v) is 15.4.